The lowest BCUT2D eigenvalue weighted by Gasteiger charge is -2.18. The van der Waals surface area contributed by atoms with Gasteiger partial charge in [-0.2, -0.15) is 0 Å². The van der Waals surface area contributed by atoms with Gasteiger partial charge in [-0.3, -0.25) is 9.63 Å². The van der Waals surface area contributed by atoms with Gasteiger partial charge in [-0.05, 0) is 13.8 Å². The van der Waals surface area contributed by atoms with Gasteiger partial charge >= 0.3 is 0 Å². The van der Waals surface area contributed by atoms with Gasteiger partial charge in [0.05, 0.1) is 13.5 Å². The molecule has 0 spiro atoms. The van der Waals surface area contributed by atoms with Crippen molar-refractivity contribution in [1.29, 1.82) is 0 Å². The van der Waals surface area contributed by atoms with E-state index in [-0.39, 0.29) is 12.3 Å². The molecule has 0 aromatic heterocycles. The van der Waals surface area contributed by atoms with Crippen LogP contribution in [0.1, 0.15) is 20.3 Å². The number of hydrogen-bond donors (Lipinski definition) is 0. The molecule has 1 amide bonds. The second-order valence-electron chi connectivity index (χ2n) is 4.05. The van der Waals surface area contributed by atoms with E-state index in [1.165, 1.54) is 14.2 Å². The van der Waals surface area contributed by atoms with Gasteiger partial charge in [-0.25, -0.2) is 5.06 Å². The number of aldehydes is 1. The van der Waals surface area contributed by atoms with Crippen molar-refractivity contribution in [2.45, 2.75) is 38.3 Å². The summed E-state index contributed by atoms with van der Waals surface area (Å²) >= 11 is 0. The molecule has 16 heavy (non-hydrogen) atoms. The van der Waals surface area contributed by atoms with Crippen LogP contribution in [0.15, 0.2) is 0 Å². The Kier molecular flexibility index (Phi) is 4.01. The molecule has 0 saturated carbocycles. The van der Waals surface area contributed by atoms with Crippen LogP contribution in [0.25, 0.3) is 0 Å². The van der Waals surface area contributed by atoms with E-state index in [9.17, 15) is 9.59 Å². The largest absolute Gasteiger partial charge is 0.344 e. The maximum absolute atomic E-state index is 11.6. The maximum atomic E-state index is 11.6. The average molecular weight is 231 g/mol. The van der Waals surface area contributed by atoms with E-state index in [1.807, 2.05) is 0 Å². The summed E-state index contributed by atoms with van der Waals surface area (Å²) in [5, 5.41) is 1.09. The monoisotopic (exact) mass is 231 g/mol. The van der Waals surface area contributed by atoms with Crippen molar-refractivity contribution in [1.82, 2.24) is 5.06 Å². The number of ether oxygens (including phenoxy) is 2. The highest BCUT2D eigenvalue weighted by Crippen LogP contribution is 2.29. The van der Waals surface area contributed by atoms with E-state index < -0.39 is 18.0 Å². The fourth-order valence-electron chi connectivity index (χ4n) is 1.54. The Labute approximate surface area is 94.4 Å². The van der Waals surface area contributed by atoms with Crippen molar-refractivity contribution >= 4 is 12.2 Å². The predicted octanol–water partition coefficient (Wildman–Crippen LogP) is 0.115. The molecule has 0 aliphatic carbocycles. The third-order valence-electron chi connectivity index (χ3n) is 2.36. The molecule has 0 aromatic rings. The molecule has 1 heterocycles. The molecule has 1 aliphatic rings. The smallest absolute Gasteiger partial charge is 0.248 e. The van der Waals surface area contributed by atoms with Crippen LogP contribution in [0.4, 0.5) is 0 Å². The molecule has 2 atom stereocenters. The van der Waals surface area contributed by atoms with E-state index in [4.69, 9.17) is 14.3 Å². The molecule has 0 aromatic carbocycles. The molecule has 1 fully saturated rings. The van der Waals surface area contributed by atoms with Crippen molar-refractivity contribution in [2.24, 2.45) is 0 Å². The number of carbonyl (C=O) groups excluding carboxylic acids is 2. The summed E-state index contributed by atoms with van der Waals surface area (Å²) < 4.78 is 10.8. The zero-order valence-corrected chi connectivity index (χ0v) is 9.93. The molecule has 1 saturated heterocycles. The first-order chi connectivity index (χ1) is 7.39. The summed E-state index contributed by atoms with van der Waals surface area (Å²) in [6, 6.07) is 0. The fourth-order valence-corrected chi connectivity index (χ4v) is 1.54. The van der Waals surface area contributed by atoms with E-state index >= 15 is 0 Å². The third kappa shape index (κ3) is 3.01. The van der Waals surface area contributed by atoms with Gasteiger partial charge in [0.1, 0.15) is 12.2 Å². The quantitative estimate of drug-likeness (QED) is 0.507. The van der Waals surface area contributed by atoms with Crippen LogP contribution in [0, 0.1) is 0 Å². The predicted molar refractivity (Wildman–Crippen MR) is 54.3 cm³/mol. The first-order valence-electron chi connectivity index (χ1n) is 5.01. The van der Waals surface area contributed by atoms with Crippen LogP contribution in [0.2, 0.25) is 0 Å². The summed E-state index contributed by atoms with van der Waals surface area (Å²) in [5.74, 6) is -1.09. The molecule has 0 unspecified atom stereocenters. The van der Waals surface area contributed by atoms with Gasteiger partial charge in [0.25, 0.3) is 0 Å². The summed E-state index contributed by atoms with van der Waals surface area (Å²) in [6.07, 6.45) is -0.557. The Morgan fingerprint density at radius 1 is 1.50 bits per heavy atom. The summed E-state index contributed by atoms with van der Waals surface area (Å²) in [7, 11) is 2.89. The summed E-state index contributed by atoms with van der Waals surface area (Å²) in [6.45, 7) is 3.40. The van der Waals surface area contributed by atoms with Crippen molar-refractivity contribution in [3.63, 3.8) is 0 Å². The topological polar surface area (TPSA) is 65.1 Å². The number of amides is 1. The van der Waals surface area contributed by atoms with Crippen molar-refractivity contribution in [2.75, 3.05) is 14.2 Å². The second kappa shape index (κ2) is 4.90. The number of hydroxylamine groups is 2. The first-order valence-corrected chi connectivity index (χ1v) is 5.01. The Morgan fingerprint density at radius 3 is 2.62 bits per heavy atom. The fraction of sp³-hybridized carbons (Fsp3) is 0.800. The van der Waals surface area contributed by atoms with E-state index in [1.54, 1.807) is 13.8 Å². The van der Waals surface area contributed by atoms with E-state index in [0.29, 0.717) is 6.29 Å². The molecular weight excluding hydrogens is 214 g/mol. The minimum absolute atomic E-state index is 0.0528. The lowest BCUT2D eigenvalue weighted by atomic mass is 10.1. The van der Waals surface area contributed by atoms with E-state index in [0.717, 1.165) is 5.06 Å². The van der Waals surface area contributed by atoms with Gasteiger partial charge in [-0.15, -0.1) is 0 Å². The number of carbonyl (C=O) groups is 2. The SMILES string of the molecule is CON(C)C(=O)C[C@@H]1OC(C)(C)O[C@@H]1C=O. The van der Waals surface area contributed by atoms with Gasteiger partial charge in [-0.1, -0.05) is 0 Å². The zero-order valence-electron chi connectivity index (χ0n) is 9.93. The standard InChI is InChI=1S/C10H17NO5/c1-10(2)15-7(8(6-12)16-10)5-9(13)11(3)14-4/h6-8H,5H2,1-4H3/t7-,8+/m0/s1. The number of nitrogens with zero attached hydrogens (tertiary/aromatic N) is 1. The van der Waals surface area contributed by atoms with Gasteiger partial charge in [0.15, 0.2) is 12.1 Å². The molecule has 92 valence electrons. The lowest BCUT2D eigenvalue weighted by molar-refractivity contribution is -0.174. The normalized spacial score (nSPS) is 27.8. The average Bonchev–Trinajstić information content (AvgIpc) is 2.51. The molecular formula is C10H17NO5. The molecule has 6 heteroatoms. The van der Waals surface area contributed by atoms with Crippen LogP contribution in [0.3, 0.4) is 0 Å². The lowest BCUT2D eigenvalue weighted by Crippen LogP contribution is -2.33. The van der Waals surface area contributed by atoms with Crippen molar-refractivity contribution < 1.29 is 23.9 Å². The van der Waals surface area contributed by atoms with Crippen LogP contribution in [-0.2, 0) is 23.9 Å². The highest BCUT2D eigenvalue weighted by atomic mass is 16.8. The Balaban J connectivity index is 2.60. The summed E-state index contributed by atoms with van der Waals surface area (Å²) in [5.41, 5.74) is 0. The van der Waals surface area contributed by atoms with Gasteiger partial charge < -0.3 is 14.3 Å². The van der Waals surface area contributed by atoms with Gasteiger partial charge in [0, 0.05) is 7.05 Å². The molecule has 1 aliphatic heterocycles. The first kappa shape index (κ1) is 13.1. The number of hydrogen-bond acceptors (Lipinski definition) is 5. The maximum Gasteiger partial charge on any atom is 0.248 e. The van der Waals surface area contributed by atoms with Gasteiger partial charge in [0.2, 0.25) is 5.91 Å². The second-order valence-corrected chi connectivity index (χ2v) is 4.05. The van der Waals surface area contributed by atoms with Crippen molar-refractivity contribution in [3.8, 4) is 0 Å². The Hall–Kier alpha value is -0.980. The van der Waals surface area contributed by atoms with Crippen molar-refractivity contribution in [3.05, 3.63) is 0 Å². The minimum atomic E-state index is -0.831. The van der Waals surface area contributed by atoms with Crippen LogP contribution in [0.5, 0.6) is 0 Å². The van der Waals surface area contributed by atoms with Crippen LogP contribution < -0.4 is 0 Å². The molecule has 6 nitrogen and oxygen atoms in total. The third-order valence-corrected chi connectivity index (χ3v) is 2.36. The molecule has 0 bridgehead atoms. The zero-order chi connectivity index (χ0) is 12.3. The Bertz CT molecular complexity index is 278. The Morgan fingerprint density at radius 2 is 2.12 bits per heavy atom. The molecule has 1 rings (SSSR count). The highest BCUT2D eigenvalue weighted by molar-refractivity contribution is 5.76. The minimum Gasteiger partial charge on any atom is -0.344 e. The highest BCUT2D eigenvalue weighted by Gasteiger charge is 2.42. The molecule has 0 N–H and O–H groups in total. The van der Waals surface area contributed by atoms with E-state index in [2.05, 4.69) is 0 Å². The van der Waals surface area contributed by atoms with Crippen LogP contribution >= 0.6 is 0 Å². The van der Waals surface area contributed by atoms with Crippen LogP contribution in [-0.4, -0.2) is 49.4 Å². The summed E-state index contributed by atoms with van der Waals surface area (Å²) in [4.78, 5) is 27.1. The molecule has 0 radical (unpaired) electrons. The number of rotatable bonds is 4.